The van der Waals surface area contributed by atoms with Crippen molar-refractivity contribution in [3.63, 3.8) is 0 Å². The van der Waals surface area contributed by atoms with Gasteiger partial charge in [-0.3, -0.25) is 0 Å². The Balaban J connectivity index is 2.14. The summed E-state index contributed by atoms with van der Waals surface area (Å²) < 4.78 is 1.14. The van der Waals surface area contributed by atoms with Crippen molar-refractivity contribution in [1.82, 2.24) is 5.32 Å². The predicted molar refractivity (Wildman–Crippen MR) is 82.5 cm³/mol. The lowest BCUT2D eigenvalue weighted by Gasteiger charge is -2.07. The Hall–Kier alpha value is -0.480. The van der Waals surface area contributed by atoms with Gasteiger partial charge in [-0.05, 0) is 49.0 Å². The Labute approximate surface area is 125 Å². The van der Waals surface area contributed by atoms with E-state index in [0.29, 0.717) is 0 Å². The van der Waals surface area contributed by atoms with Gasteiger partial charge in [0.15, 0.2) is 0 Å². The van der Waals surface area contributed by atoms with Gasteiger partial charge >= 0.3 is 0 Å². The normalized spacial score (nSPS) is 10.6. The summed E-state index contributed by atoms with van der Waals surface area (Å²) >= 11 is 11.2. The van der Waals surface area contributed by atoms with Crippen LogP contribution in [-0.2, 0) is 6.54 Å². The Kier molecular flexibility index (Phi) is 5.13. The molecule has 0 amide bonds. The molecule has 0 saturated heterocycles. The molecule has 0 saturated carbocycles. The smallest absolute Gasteiger partial charge is 0.0406 e. The quantitative estimate of drug-likeness (QED) is 0.841. The Bertz CT molecular complexity index is 528. The molecule has 2 aromatic carbocycles. The van der Waals surface area contributed by atoms with E-state index in [1.165, 1.54) is 15.4 Å². The molecule has 1 nitrogen and oxygen atoms in total. The monoisotopic (exact) mass is 341 g/mol. The highest BCUT2D eigenvalue weighted by Crippen LogP contribution is 2.31. The van der Waals surface area contributed by atoms with Crippen molar-refractivity contribution in [2.45, 2.75) is 16.3 Å². The van der Waals surface area contributed by atoms with E-state index in [-0.39, 0.29) is 0 Å². The number of halogens is 2. The second-order valence-electron chi connectivity index (χ2n) is 3.84. The number of hydrogen-bond donors (Lipinski definition) is 1. The van der Waals surface area contributed by atoms with Crippen molar-refractivity contribution in [1.29, 1.82) is 0 Å². The fraction of sp³-hybridized carbons (Fsp3) is 0.143. The zero-order chi connectivity index (χ0) is 13.0. The summed E-state index contributed by atoms with van der Waals surface area (Å²) in [7, 11) is 1.95. The molecule has 4 heteroatoms. The lowest BCUT2D eigenvalue weighted by Crippen LogP contribution is -2.05. The zero-order valence-corrected chi connectivity index (χ0v) is 13.1. The minimum Gasteiger partial charge on any atom is -0.316 e. The van der Waals surface area contributed by atoms with Crippen LogP contribution in [0, 0.1) is 0 Å². The molecule has 0 aliphatic carbocycles. The third kappa shape index (κ3) is 3.75. The van der Waals surface area contributed by atoms with Gasteiger partial charge in [0.05, 0.1) is 0 Å². The van der Waals surface area contributed by atoms with E-state index in [9.17, 15) is 0 Å². The molecule has 0 heterocycles. The SMILES string of the molecule is CNCc1ccc(Sc2ccc(Cl)cc2)cc1Br. The van der Waals surface area contributed by atoms with Crippen molar-refractivity contribution in [2.24, 2.45) is 0 Å². The lowest BCUT2D eigenvalue weighted by molar-refractivity contribution is 0.813. The van der Waals surface area contributed by atoms with Gasteiger partial charge in [-0.25, -0.2) is 0 Å². The summed E-state index contributed by atoms with van der Waals surface area (Å²) in [4.78, 5) is 2.40. The van der Waals surface area contributed by atoms with Crippen molar-refractivity contribution in [3.8, 4) is 0 Å². The molecule has 0 aliphatic rings. The van der Waals surface area contributed by atoms with Gasteiger partial charge in [0.1, 0.15) is 0 Å². The summed E-state index contributed by atoms with van der Waals surface area (Å²) in [6.07, 6.45) is 0. The predicted octanol–water partition coefficient (Wildman–Crippen LogP) is 4.97. The molecule has 0 spiro atoms. The Morgan fingerprint density at radius 1 is 1.11 bits per heavy atom. The minimum atomic E-state index is 0.768. The lowest BCUT2D eigenvalue weighted by atomic mass is 10.2. The van der Waals surface area contributed by atoms with Crippen LogP contribution in [0.1, 0.15) is 5.56 Å². The molecular weight excluding hydrogens is 330 g/mol. The van der Waals surface area contributed by atoms with Crippen molar-refractivity contribution >= 4 is 39.3 Å². The van der Waals surface area contributed by atoms with E-state index in [1.54, 1.807) is 11.8 Å². The summed E-state index contributed by atoms with van der Waals surface area (Å²) in [5.74, 6) is 0. The summed E-state index contributed by atoms with van der Waals surface area (Å²) in [5.41, 5.74) is 1.26. The molecule has 0 bridgehead atoms. The maximum atomic E-state index is 5.87. The average Bonchev–Trinajstić information content (AvgIpc) is 2.36. The Morgan fingerprint density at radius 2 is 1.78 bits per heavy atom. The van der Waals surface area contributed by atoms with Crippen LogP contribution in [0.5, 0.6) is 0 Å². The molecule has 94 valence electrons. The van der Waals surface area contributed by atoms with Crippen LogP contribution in [0.3, 0.4) is 0 Å². The maximum Gasteiger partial charge on any atom is 0.0406 e. The largest absolute Gasteiger partial charge is 0.316 e. The molecule has 0 atom stereocenters. The summed E-state index contributed by atoms with van der Waals surface area (Å²) in [5, 5.41) is 3.92. The Morgan fingerprint density at radius 3 is 2.39 bits per heavy atom. The molecule has 0 unspecified atom stereocenters. The molecule has 2 rings (SSSR count). The highest BCUT2D eigenvalue weighted by Gasteiger charge is 2.02. The molecular formula is C14H13BrClNS. The van der Waals surface area contributed by atoms with Gasteiger partial charge in [-0.1, -0.05) is 45.4 Å². The van der Waals surface area contributed by atoms with Gasteiger partial charge in [-0.15, -0.1) is 0 Å². The number of rotatable bonds is 4. The topological polar surface area (TPSA) is 12.0 Å². The first-order valence-electron chi connectivity index (χ1n) is 5.55. The van der Waals surface area contributed by atoms with E-state index < -0.39 is 0 Å². The van der Waals surface area contributed by atoms with Crippen LogP contribution in [0.15, 0.2) is 56.7 Å². The first-order chi connectivity index (χ1) is 8.69. The van der Waals surface area contributed by atoms with Crippen LogP contribution in [0.2, 0.25) is 5.02 Å². The minimum absolute atomic E-state index is 0.768. The van der Waals surface area contributed by atoms with Gasteiger partial charge in [-0.2, -0.15) is 0 Å². The fourth-order valence-electron chi connectivity index (χ4n) is 1.56. The molecule has 0 aromatic heterocycles. The van der Waals surface area contributed by atoms with Crippen LogP contribution in [-0.4, -0.2) is 7.05 Å². The van der Waals surface area contributed by atoms with Gasteiger partial charge in [0.2, 0.25) is 0 Å². The van der Waals surface area contributed by atoms with E-state index in [0.717, 1.165) is 16.0 Å². The molecule has 1 N–H and O–H groups in total. The van der Waals surface area contributed by atoms with Crippen molar-refractivity contribution in [3.05, 3.63) is 57.5 Å². The molecule has 2 aromatic rings. The molecule has 0 aliphatic heterocycles. The van der Waals surface area contributed by atoms with Crippen LogP contribution in [0.4, 0.5) is 0 Å². The average molecular weight is 343 g/mol. The van der Waals surface area contributed by atoms with Crippen LogP contribution < -0.4 is 5.32 Å². The first kappa shape index (κ1) is 13.9. The maximum absolute atomic E-state index is 5.87. The molecule has 0 fully saturated rings. The molecule has 0 radical (unpaired) electrons. The summed E-state index contributed by atoms with van der Waals surface area (Å²) in [6.45, 7) is 0.868. The second-order valence-corrected chi connectivity index (χ2v) is 6.28. The van der Waals surface area contributed by atoms with E-state index in [4.69, 9.17) is 11.6 Å². The van der Waals surface area contributed by atoms with Crippen LogP contribution >= 0.6 is 39.3 Å². The van der Waals surface area contributed by atoms with Gasteiger partial charge in [0.25, 0.3) is 0 Å². The third-order valence-electron chi connectivity index (χ3n) is 2.44. The van der Waals surface area contributed by atoms with Gasteiger partial charge in [0, 0.05) is 25.8 Å². The fourth-order valence-corrected chi connectivity index (χ4v) is 3.22. The number of nitrogens with one attached hydrogen (secondary N) is 1. The standard InChI is InChI=1S/C14H13BrClNS/c1-17-9-10-2-5-13(8-14(10)15)18-12-6-3-11(16)4-7-12/h2-8,17H,9H2,1H3. The van der Waals surface area contributed by atoms with Crippen molar-refractivity contribution in [2.75, 3.05) is 7.05 Å². The zero-order valence-electron chi connectivity index (χ0n) is 9.91. The van der Waals surface area contributed by atoms with E-state index in [2.05, 4.69) is 39.4 Å². The molecule has 18 heavy (non-hydrogen) atoms. The van der Waals surface area contributed by atoms with Crippen molar-refractivity contribution < 1.29 is 0 Å². The highest BCUT2D eigenvalue weighted by molar-refractivity contribution is 9.10. The van der Waals surface area contributed by atoms with E-state index >= 15 is 0 Å². The third-order valence-corrected chi connectivity index (χ3v) is 4.43. The summed E-state index contributed by atoms with van der Waals surface area (Å²) in [6, 6.07) is 14.3. The van der Waals surface area contributed by atoms with Crippen LogP contribution in [0.25, 0.3) is 0 Å². The first-order valence-corrected chi connectivity index (χ1v) is 7.54. The van der Waals surface area contributed by atoms with Gasteiger partial charge < -0.3 is 5.32 Å². The van der Waals surface area contributed by atoms with E-state index in [1.807, 2.05) is 31.3 Å². The highest BCUT2D eigenvalue weighted by atomic mass is 79.9. The number of benzene rings is 2. The second kappa shape index (κ2) is 6.62. The number of hydrogen-bond acceptors (Lipinski definition) is 2.